The summed E-state index contributed by atoms with van der Waals surface area (Å²) < 4.78 is 1.80. The Morgan fingerprint density at radius 1 is 0.780 bits per heavy atom. The molecule has 0 heterocycles. The van der Waals surface area contributed by atoms with Gasteiger partial charge in [-0.15, -0.1) is 18.1 Å². The van der Waals surface area contributed by atoms with E-state index < -0.39 is 0 Å². The number of hydrogen-bond donors (Lipinski definition) is 0. The van der Waals surface area contributed by atoms with Gasteiger partial charge in [-0.05, 0) is 45.9 Å². The molecule has 0 aromatic heterocycles. The first kappa shape index (κ1) is 34.2. The van der Waals surface area contributed by atoms with E-state index in [4.69, 9.17) is 0 Å². The fourth-order valence-electron chi connectivity index (χ4n) is 6.30. The maximum absolute atomic E-state index is 3.50. The topological polar surface area (TPSA) is 0 Å². The zero-order valence-corrected chi connectivity index (χ0v) is 29.9. The third-order valence-electron chi connectivity index (χ3n) is 8.88. The van der Waals surface area contributed by atoms with E-state index in [1.54, 1.807) is 27.4 Å². The van der Waals surface area contributed by atoms with Crippen molar-refractivity contribution in [3.05, 3.63) is 93.6 Å². The summed E-state index contributed by atoms with van der Waals surface area (Å²) in [6.07, 6.45) is 27.2. The van der Waals surface area contributed by atoms with Gasteiger partial charge in [0.2, 0.25) is 0 Å². The van der Waals surface area contributed by atoms with E-state index in [9.17, 15) is 0 Å². The molecule has 0 spiro atoms. The molecule has 2 aromatic carbocycles. The average molecular weight is 663 g/mol. The Kier molecular flexibility index (Phi) is 11.0. The van der Waals surface area contributed by atoms with Crippen LogP contribution < -0.4 is 24.8 Å². The van der Waals surface area contributed by atoms with Gasteiger partial charge in [-0.2, -0.15) is 17.2 Å². The van der Waals surface area contributed by atoms with Gasteiger partial charge in [0.05, 0.1) is 0 Å². The van der Waals surface area contributed by atoms with E-state index in [1.165, 1.54) is 82.2 Å². The molecule has 0 amide bonds. The van der Waals surface area contributed by atoms with Crippen molar-refractivity contribution in [2.75, 3.05) is 0 Å². The van der Waals surface area contributed by atoms with Gasteiger partial charge >= 0.3 is 59.5 Å². The number of fused-ring (bicyclic) bond motifs is 5. The first-order valence-electron chi connectivity index (χ1n) is 14.8. The fraction of sp³-hybridized carbons (Fsp3) is 0.447. The van der Waals surface area contributed by atoms with Crippen molar-refractivity contribution < 1.29 is 49.0 Å². The van der Waals surface area contributed by atoms with Crippen LogP contribution in [-0.2, 0) is 41.5 Å². The Labute approximate surface area is 277 Å². The van der Waals surface area contributed by atoms with Crippen molar-refractivity contribution in [2.45, 2.75) is 104 Å². The van der Waals surface area contributed by atoms with E-state index in [2.05, 4.69) is 115 Å². The molecule has 0 aliphatic heterocycles. The van der Waals surface area contributed by atoms with E-state index >= 15 is 0 Å². The van der Waals surface area contributed by atoms with Crippen LogP contribution in [0.4, 0.5) is 0 Å². The van der Waals surface area contributed by atoms with Crippen molar-refractivity contribution in [3.8, 4) is 11.1 Å². The van der Waals surface area contributed by atoms with Gasteiger partial charge in [0.1, 0.15) is 0 Å². The molecule has 0 bridgehead atoms. The second-order valence-corrected chi connectivity index (χ2v) is 15.7. The Morgan fingerprint density at radius 3 is 1.90 bits per heavy atom. The fourth-order valence-corrected chi connectivity index (χ4v) is 7.17. The molecule has 0 radical (unpaired) electrons. The summed E-state index contributed by atoms with van der Waals surface area (Å²) in [7, 11) is 0. The first-order valence-corrected chi connectivity index (χ1v) is 16.1. The van der Waals surface area contributed by atoms with Crippen molar-refractivity contribution in [2.24, 2.45) is 5.41 Å². The second-order valence-electron chi connectivity index (χ2n) is 14.0. The van der Waals surface area contributed by atoms with Crippen LogP contribution in [0.1, 0.15) is 120 Å². The Hall–Kier alpha value is -1.27. The summed E-state index contributed by atoms with van der Waals surface area (Å²) in [5.41, 5.74) is 13.4. The van der Waals surface area contributed by atoms with Crippen LogP contribution in [0.25, 0.3) is 23.3 Å². The van der Waals surface area contributed by atoms with Gasteiger partial charge in [0.25, 0.3) is 0 Å². The summed E-state index contributed by atoms with van der Waals surface area (Å²) in [5.74, 6) is 0. The van der Waals surface area contributed by atoms with Gasteiger partial charge in [0, 0.05) is 5.41 Å². The SMILES string of the molecule is CC(C)(C)C1=CC[C-]=C1.CC1(C)[C-]=Cc2cc3c(cc21)Cc1cc2c(cc1-3)C=CC2(C)C.[Cl-].[Cl-].[Zr+2]=[C]1CCCCC1. The molecule has 5 aliphatic rings. The third kappa shape index (κ3) is 7.45. The minimum atomic E-state index is 0. The zero-order valence-electron chi connectivity index (χ0n) is 25.9. The molecule has 2 aromatic rings. The number of rotatable bonds is 0. The molecule has 0 unspecified atom stereocenters. The van der Waals surface area contributed by atoms with Crippen LogP contribution in [0.2, 0.25) is 0 Å². The van der Waals surface area contributed by atoms with Crippen LogP contribution in [0, 0.1) is 17.6 Å². The van der Waals surface area contributed by atoms with Gasteiger partial charge in [0.15, 0.2) is 0 Å². The molecular formula is C38H44Cl2Zr-2. The molecule has 0 N–H and O–H groups in total. The molecule has 1 saturated carbocycles. The van der Waals surface area contributed by atoms with Crippen LogP contribution in [0.3, 0.4) is 0 Å². The third-order valence-corrected chi connectivity index (χ3v) is 10.1. The van der Waals surface area contributed by atoms with Crippen LogP contribution in [0.5, 0.6) is 0 Å². The van der Waals surface area contributed by atoms with Crippen LogP contribution >= 0.6 is 0 Å². The van der Waals surface area contributed by atoms with E-state index in [1.807, 2.05) is 0 Å². The standard InChI is InChI=1S/C23H21.C9H13.C6H10.2ClH.Zr/c1-22(2)7-5-14-10-18-16(12-20(14)22)9-17-13-21-15(11-19(17)18)6-8-23(21,3)4;1-9(2,3)8-6-4-5-7-8;1-2-4-6-5-3-1;;;/h5-7,10-13H,9H2,1-4H3;6-7H,4H2,1-3H3;1-5H2;2*1H;/q2*-1;;;;+2/p-2. The molecular weight excluding hydrogens is 619 g/mol. The molecule has 216 valence electrons. The molecule has 0 atom stereocenters. The van der Waals surface area contributed by atoms with E-state index in [0.717, 1.165) is 12.8 Å². The molecule has 5 aliphatic carbocycles. The minimum absolute atomic E-state index is 0. The summed E-state index contributed by atoms with van der Waals surface area (Å²) in [6, 6.07) is 9.66. The molecule has 41 heavy (non-hydrogen) atoms. The van der Waals surface area contributed by atoms with Gasteiger partial charge in [-0.1, -0.05) is 83.6 Å². The predicted molar refractivity (Wildman–Crippen MR) is 166 cm³/mol. The van der Waals surface area contributed by atoms with Crippen LogP contribution in [-0.4, -0.2) is 3.21 Å². The molecule has 3 heteroatoms. The summed E-state index contributed by atoms with van der Waals surface area (Å²) >= 11 is 1.69. The van der Waals surface area contributed by atoms with Gasteiger partial charge < -0.3 is 24.8 Å². The summed E-state index contributed by atoms with van der Waals surface area (Å²) in [4.78, 5) is 0. The van der Waals surface area contributed by atoms with E-state index in [-0.39, 0.29) is 35.6 Å². The summed E-state index contributed by atoms with van der Waals surface area (Å²) in [5, 5.41) is 0. The molecule has 0 saturated heterocycles. The maximum atomic E-state index is 3.50. The van der Waals surface area contributed by atoms with Crippen LogP contribution in [0.15, 0.2) is 48.1 Å². The molecule has 0 nitrogen and oxygen atoms in total. The Balaban J connectivity index is 0.000000214. The predicted octanol–water partition coefficient (Wildman–Crippen LogP) is 4.07. The number of halogens is 2. The van der Waals surface area contributed by atoms with E-state index in [0.29, 0.717) is 5.41 Å². The second kappa shape index (κ2) is 13.2. The Bertz CT molecular complexity index is 1340. The Morgan fingerprint density at radius 2 is 1.39 bits per heavy atom. The van der Waals surface area contributed by atoms with Crippen molar-refractivity contribution >= 4 is 15.4 Å². The normalized spacial score (nSPS) is 19.3. The van der Waals surface area contributed by atoms with Gasteiger partial charge in [-0.3, -0.25) is 12.2 Å². The number of allylic oxidation sites excluding steroid dienone is 6. The monoisotopic (exact) mass is 660 g/mol. The molecule has 1 fully saturated rings. The zero-order chi connectivity index (χ0) is 28.0. The number of benzene rings is 2. The first-order chi connectivity index (χ1) is 18.3. The number of hydrogen-bond acceptors (Lipinski definition) is 0. The van der Waals surface area contributed by atoms with Crippen molar-refractivity contribution in [1.82, 2.24) is 0 Å². The van der Waals surface area contributed by atoms with Crippen molar-refractivity contribution in [1.29, 1.82) is 0 Å². The average Bonchev–Trinajstić information content (AvgIpc) is 3.65. The summed E-state index contributed by atoms with van der Waals surface area (Å²) in [6.45, 7) is 15.8. The quantitative estimate of drug-likeness (QED) is 0.319. The van der Waals surface area contributed by atoms with Crippen molar-refractivity contribution in [3.63, 3.8) is 0 Å². The van der Waals surface area contributed by atoms with Gasteiger partial charge in [-0.25, -0.2) is 12.2 Å². The molecule has 7 rings (SSSR count).